The maximum absolute atomic E-state index is 5.98. The zero-order valence-electron chi connectivity index (χ0n) is 7.52. The second-order valence-electron chi connectivity index (χ2n) is 3.57. The van der Waals surface area contributed by atoms with Gasteiger partial charge in [0.2, 0.25) is 0 Å². The number of hydrogen-bond acceptors (Lipinski definition) is 1. The van der Waals surface area contributed by atoms with Crippen LogP contribution in [0.3, 0.4) is 0 Å². The molecule has 0 N–H and O–H groups in total. The lowest BCUT2D eigenvalue weighted by Gasteiger charge is -2.35. The highest BCUT2D eigenvalue weighted by Gasteiger charge is 2.30. The summed E-state index contributed by atoms with van der Waals surface area (Å²) in [6.45, 7) is 5.49. The molecule has 1 aliphatic rings. The third-order valence-corrected chi connectivity index (χ3v) is 3.28. The molecule has 1 aliphatic heterocycles. The van der Waals surface area contributed by atoms with Crippen molar-refractivity contribution in [2.45, 2.75) is 25.7 Å². The fourth-order valence-electron chi connectivity index (χ4n) is 1.66. The lowest BCUT2D eigenvalue weighted by atomic mass is 9.78. The standard InChI is InChI=1S/C10H17ClO/c1-2-3-4-10(9-11)5-7-12-8-6-10/h2H,1,3-9H2. The molecule has 12 heavy (non-hydrogen) atoms. The molecular formula is C10H17ClO. The molecule has 0 atom stereocenters. The first-order valence-electron chi connectivity index (χ1n) is 4.58. The Morgan fingerprint density at radius 2 is 2.08 bits per heavy atom. The topological polar surface area (TPSA) is 9.23 Å². The van der Waals surface area contributed by atoms with E-state index in [1.807, 2.05) is 6.08 Å². The fraction of sp³-hybridized carbons (Fsp3) is 0.800. The summed E-state index contributed by atoms with van der Waals surface area (Å²) in [5.74, 6) is 0.768. The Morgan fingerprint density at radius 3 is 2.58 bits per heavy atom. The zero-order chi connectivity index (χ0) is 8.86. The molecule has 0 amide bonds. The van der Waals surface area contributed by atoms with Crippen molar-refractivity contribution in [1.82, 2.24) is 0 Å². The Bertz CT molecular complexity index is 139. The minimum absolute atomic E-state index is 0.341. The quantitative estimate of drug-likeness (QED) is 0.487. The van der Waals surface area contributed by atoms with E-state index in [1.54, 1.807) is 0 Å². The first kappa shape index (κ1) is 10.1. The van der Waals surface area contributed by atoms with Gasteiger partial charge in [-0.25, -0.2) is 0 Å². The van der Waals surface area contributed by atoms with E-state index in [0.717, 1.165) is 38.4 Å². The highest BCUT2D eigenvalue weighted by molar-refractivity contribution is 6.18. The van der Waals surface area contributed by atoms with Crippen LogP contribution in [0.5, 0.6) is 0 Å². The Balaban J connectivity index is 2.41. The predicted octanol–water partition coefficient (Wildman–Crippen LogP) is 2.99. The van der Waals surface area contributed by atoms with Gasteiger partial charge in [0.15, 0.2) is 0 Å². The molecule has 0 aromatic heterocycles. The molecule has 0 radical (unpaired) electrons. The minimum atomic E-state index is 0.341. The van der Waals surface area contributed by atoms with Crippen LogP contribution in [0.1, 0.15) is 25.7 Å². The van der Waals surface area contributed by atoms with Crippen LogP contribution in [0.2, 0.25) is 0 Å². The highest BCUT2D eigenvalue weighted by atomic mass is 35.5. The van der Waals surface area contributed by atoms with E-state index >= 15 is 0 Å². The molecule has 1 rings (SSSR count). The van der Waals surface area contributed by atoms with Gasteiger partial charge in [-0.1, -0.05) is 6.08 Å². The molecule has 1 saturated heterocycles. The van der Waals surface area contributed by atoms with Crippen molar-refractivity contribution >= 4 is 11.6 Å². The Morgan fingerprint density at radius 1 is 1.42 bits per heavy atom. The third-order valence-electron chi connectivity index (χ3n) is 2.72. The van der Waals surface area contributed by atoms with Crippen molar-refractivity contribution in [2.24, 2.45) is 5.41 Å². The van der Waals surface area contributed by atoms with Gasteiger partial charge >= 0.3 is 0 Å². The molecule has 70 valence electrons. The van der Waals surface area contributed by atoms with Gasteiger partial charge in [-0.05, 0) is 31.1 Å². The molecular weight excluding hydrogens is 172 g/mol. The molecule has 0 aromatic rings. The van der Waals surface area contributed by atoms with Crippen LogP contribution in [0.15, 0.2) is 12.7 Å². The maximum Gasteiger partial charge on any atom is 0.0471 e. The molecule has 1 nitrogen and oxygen atoms in total. The van der Waals surface area contributed by atoms with Gasteiger partial charge in [0.05, 0.1) is 0 Å². The number of alkyl halides is 1. The van der Waals surface area contributed by atoms with Crippen LogP contribution in [0, 0.1) is 5.41 Å². The van der Waals surface area contributed by atoms with E-state index in [9.17, 15) is 0 Å². The molecule has 0 aromatic carbocycles. The zero-order valence-corrected chi connectivity index (χ0v) is 8.28. The molecule has 0 unspecified atom stereocenters. The van der Waals surface area contributed by atoms with Crippen molar-refractivity contribution in [3.05, 3.63) is 12.7 Å². The van der Waals surface area contributed by atoms with E-state index < -0.39 is 0 Å². The Labute approximate surface area is 79.7 Å². The van der Waals surface area contributed by atoms with Gasteiger partial charge < -0.3 is 4.74 Å². The largest absolute Gasteiger partial charge is 0.381 e. The van der Waals surface area contributed by atoms with Crippen molar-refractivity contribution in [2.75, 3.05) is 19.1 Å². The monoisotopic (exact) mass is 188 g/mol. The lowest BCUT2D eigenvalue weighted by Crippen LogP contribution is -2.31. The molecule has 1 heterocycles. The smallest absolute Gasteiger partial charge is 0.0471 e. The van der Waals surface area contributed by atoms with E-state index in [4.69, 9.17) is 16.3 Å². The van der Waals surface area contributed by atoms with Gasteiger partial charge in [-0.15, -0.1) is 18.2 Å². The van der Waals surface area contributed by atoms with Gasteiger partial charge in [-0.2, -0.15) is 0 Å². The summed E-state index contributed by atoms with van der Waals surface area (Å²) in [5.41, 5.74) is 0.341. The van der Waals surface area contributed by atoms with Crippen molar-refractivity contribution < 1.29 is 4.74 Å². The maximum atomic E-state index is 5.98. The SMILES string of the molecule is C=CCCC1(CCl)CCOCC1. The van der Waals surface area contributed by atoms with Gasteiger partial charge in [0, 0.05) is 19.1 Å². The van der Waals surface area contributed by atoms with E-state index in [-0.39, 0.29) is 0 Å². The summed E-state index contributed by atoms with van der Waals surface area (Å²) in [4.78, 5) is 0. The molecule has 0 aliphatic carbocycles. The molecule has 0 saturated carbocycles. The van der Waals surface area contributed by atoms with Crippen LogP contribution in [0.25, 0.3) is 0 Å². The van der Waals surface area contributed by atoms with Crippen molar-refractivity contribution in [1.29, 1.82) is 0 Å². The summed E-state index contributed by atoms with van der Waals surface area (Å²) in [7, 11) is 0. The van der Waals surface area contributed by atoms with Crippen LogP contribution in [-0.2, 0) is 4.74 Å². The van der Waals surface area contributed by atoms with Crippen LogP contribution < -0.4 is 0 Å². The predicted molar refractivity (Wildman–Crippen MR) is 52.6 cm³/mol. The molecule has 0 bridgehead atoms. The number of rotatable bonds is 4. The summed E-state index contributed by atoms with van der Waals surface area (Å²) in [6.07, 6.45) is 6.45. The first-order valence-corrected chi connectivity index (χ1v) is 5.11. The highest BCUT2D eigenvalue weighted by Crippen LogP contribution is 2.36. The summed E-state index contributed by atoms with van der Waals surface area (Å²) in [5, 5.41) is 0. The number of ether oxygens (including phenoxy) is 1. The summed E-state index contributed by atoms with van der Waals surface area (Å²) >= 11 is 5.98. The first-order chi connectivity index (χ1) is 5.83. The van der Waals surface area contributed by atoms with Gasteiger partial charge in [0.25, 0.3) is 0 Å². The summed E-state index contributed by atoms with van der Waals surface area (Å²) in [6, 6.07) is 0. The average molecular weight is 189 g/mol. The number of halogens is 1. The lowest BCUT2D eigenvalue weighted by molar-refractivity contribution is 0.0220. The minimum Gasteiger partial charge on any atom is -0.381 e. The molecule has 1 fully saturated rings. The fourth-order valence-corrected chi connectivity index (χ4v) is 2.06. The van der Waals surface area contributed by atoms with Crippen LogP contribution in [-0.4, -0.2) is 19.1 Å². The van der Waals surface area contributed by atoms with Crippen molar-refractivity contribution in [3.63, 3.8) is 0 Å². The second kappa shape index (κ2) is 4.88. The number of hydrogen-bond donors (Lipinski definition) is 0. The third kappa shape index (κ3) is 2.49. The second-order valence-corrected chi connectivity index (χ2v) is 3.84. The van der Waals surface area contributed by atoms with E-state index in [0.29, 0.717) is 5.41 Å². The molecule has 2 heteroatoms. The molecule has 0 spiro atoms. The Kier molecular flexibility index (Phi) is 4.10. The van der Waals surface area contributed by atoms with Gasteiger partial charge in [-0.3, -0.25) is 0 Å². The van der Waals surface area contributed by atoms with Crippen LogP contribution in [0.4, 0.5) is 0 Å². The van der Waals surface area contributed by atoms with Gasteiger partial charge in [0.1, 0.15) is 0 Å². The van der Waals surface area contributed by atoms with E-state index in [1.165, 1.54) is 6.42 Å². The number of allylic oxidation sites excluding steroid dienone is 1. The van der Waals surface area contributed by atoms with Crippen molar-refractivity contribution in [3.8, 4) is 0 Å². The van der Waals surface area contributed by atoms with Crippen LogP contribution >= 0.6 is 11.6 Å². The van der Waals surface area contributed by atoms with E-state index in [2.05, 4.69) is 6.58 Å². The normalized spacial score (nSPS) is 22.1. The Hall–Kier alpha value is -0.0100. The average Bonchev–Trinajstić information content (AvgIpc) is 2.16. The summed E-state index contributed by atoms with van der Waals surface area (Å²) < 4.78 is 5.32.